The van der Waals surface area contributed by atoms with Crippen LogP contribution in [0.15, 0.2) is 23.2 Å². The molecule has 2 unspecified atom stereocenters. The van der Waals surface area contributed by atoms with Crippen LogP contribution in [-0.2, 0) is 9.59 Å². The summed E-state index contributed by atoms with van der Waals surface area (Å²) in [5, 5.41) is 1.46. The maximum atomic E-state index is 13.3. The molecule has 1 aromatic carbocycles. The first kappa shape index (κ1) is 19.0. The standard InChI is InChI=1S/C21H25ClN2O2S/c1-13-6-7-17(12-18(13)22)23-21-24(8-3-9-27-21)20(26)16-10-14-4-2-5-15(11-16)19(14)25/h6-7,12,14-16H,2-5,8-11H2,1H3. The molecule has 1 amide bonds. The van der Waals surface area contributed by atoms with Crippen LogP contribution >= 0.6 is 23.4 Å². The summed E-state index contributed by atoms with van der Waals surface area (Å²) in [5.41, 5.74) is 1.80. The van der Waals surface area contributed by atoms with E-state index in [1.165, 1.54) is 0 Å². The van der Waals surface area contributed by atoms with Crippen molar-refractivity contribution in [3.05, 3.63) is 28.8 Å². The van der Waals surface area contributed by atoms with Gasteiger partial charge in [0.15, 0.2) is 5.17 Å². The quantitative estimate of drug-likeness (QED) is 0.697. The van der Waals surface area contributed by atoms with Crippen LogP contribution in [0, 0.1) is 24.7 Å². The molecular formula is C21H25ClN2O2S. The first-order valence-electron chi connectivity index (χ1n) is 9.85. The van der Waals surface area contributed by atoms with Crippen molar-refractivity contribution < 1.29 is 9.59 Å². The fourth-order valence-electron chi connectivity index (χ4n) is 4.52. The highest BCUT2D eigenvalue weighted by molar-refractivity contribution is 8.13. The number of hydrogen-bond donors (Lipinski definition) is 0. The Labute approximate surface area is 169 Å². The van der Waals surface area contributed by atoms with Crippen molar-refractivity contribution in [1.82, 2.24) is 4.90 Å². The Balaban J connectivity index is 1.55. The number of ketones is 1. The second kappa shape index (κ2) is 7.96. The highest BCUT2D eigenvalue weighted by Crippen LogP contribution is 2.41. The van der Waals surface area contributed by atoms with E-state index in [9.17, 15) is 9.59 Å². The van der Waals surface area contributed by atoms with E-state index in [0.717, 1.165) is 60.7 Å². The molecule has 1 aromatic rings. The fourth-order valence-corrected chi connectivity index (χ4v) is 5.66. The predicted molar refractivity (Wildman–Crippen MR) is 111 cm³/mol. The van der Waals surface area contributed by atoms with Crippen LogP contribution in [0.2, 0.25) is 5.02 Å². The average molecular weight is 405 g/mol. The minimum absolute atomic E-state index is 0.0384. The minimum atomic E-state index is -0.0384. The lowest BCUT2D eigenvalue weighted by Gasteiger charge is -2.39. The summed E-state index contributed by atoms with van der Waals surface area (Å²) < 4.78 is 0. The van der Waals surface area contributed by atoms with Crippen LogP contribution in [0.5, 0.6) is 0 Å². The van der Waals surface area contributed by atoms with Gasteiger partial charge in [-0.15, -0.1) is 0 Å². The van der Waals surface area contributed by atoms with Crippen LogP contribution in [-0.4, -0.2) is 34.1 Å². The van der Waals surface area contributed by atoms with E-state index in [1.54, 1.807) is 11.8 Å². The van der Waals surface area contributed by atoms with Gasteiger partial charge in [-0.3, -0.25) is 14.5 Å². The number of hydrogen-bond acceptors (Lipinski definition) is 4. The molecule has 0 spiro atoms. The number of amides is 1. The van der Waals surface area contributed by atoms with Gasteiger partial charge >= 0.3 is 0 Å². The zero-order valence-electron chi connectivity index (χ0n) is 15.6. The van der Waals surface area contributed by atoms with E-state index in [2.05, 4.69) is 0 Å². The molecule has 1 heterocycles. The van der Waals surface area contributed by atoms with Crippen molar-refractivity contribution in [2.75, 3.05) is 12.3 Å². The Morgan fingerprint density at radius 1 is 1.22 bits per heavy atom. The van der Waals surface area contributed by atoms with Crippen molar-refractivity contribution in [1.29, 1.82) is 0 Å². The first-order valence-corrected chi connectivity index (χ1v) is 11.2. The summed E-state index contributed by atoms with van der Waals surface area (Å²) in [7, 11) is 0. The van der Waals surface area contributed by atoms with E-state index in [-0.39, 0.29) is 23.7 Å². The minimum Gasteiger partial charge on any atom is -0.299 e. The maximum Gasteiger partial charge on any atom is 0.231 e. The van der Waals surface area contributed by atoms with Gasteiger partial charge in [0.2, 0.25) is 5.91 Å². The van der Waals surface area contributed by atoms with E-state index in [1.807, 2.05) is 30.0 Å². The van der Waals surface area contributed by atoms with Crippen LogP contribution in [0.4, 0.5) is 5.69 Å². The number of rotatable bonds is 2. The molecule has 0 radical (unpaired) electrons. The Kier molecular flexibility index (Phi) is 5.60. The molecule has 6 heteroatoms. The third kappa shape index (κ3) is 3.95. The summed E-state index contributed by atoms with van der Waals surface area (Å²) in [6, 6.07) is 5.75. The Morgan fingerprint density at radius 3 is 2.67 bits per heavy atom. The number of fused-ring (bicyclic) bond motifs is 2. The zero-order valence-corrected chi connectivity index (χ0v) is 17.2. The lowest BCUT2D eigenvalue weighted by Crippen LogP contribution is -2.47. The predicted octanol–water partition coefficient (Wildman–Crippen LogP) is 5.00. The van der Waals surface area contributed by atoms with Gasteiger partial charge in [0.25, 0.3) is 0 Å². The molecule has 2 bridgehead atoms. The topological polar surface area (TPSA) is 49.7 Å². The van der Waals surface area contributed by atoms with Crippen molar-refractivity contribution >= 4 is 45.9 Å². The third-order valence-corrected chi connectivity index (χ3v) is 7.50. The molecule has 0 aromatic heterocycles. The van der Waals surface area contributed by atoms with Crippen molar-refractivity contribution in [2.45, 2.75) is 45.4 Å². The summed E-state index contributed by atoms with van der Waals surface area (Å²) in [4.78, 5) is 32.3. The number of thioether (sulfide) groups is 1. The summed E-state index contributed by atoms with van der Waals surface area (Å²) in [5.74, 6) is 1.69. The van der Waals surface area contributed by atoms with Crippen molar-refractivity contribution in [3.63, 3.8) is 0 Å². The van der Waals surface area contributed by atoms with E-state index < -0.39 is 0 Å². The highest BCUT2D eigenvalue weighted by atomic mass is 35.5. The molecule has 3 aliphatic rings. The number of nitrogens with zero attached hydrogens (tertiary/aromatic N) is 2. The normalized spacial score (nSPS) is 29.9. The number of amidine groups is 1. The Bertz CT molecular complexity index is 778. The number of halogens is 1. The van der Waals surface area contributed by atoms with E-state index in [4.69, 9.17) is 16.6 Å². The van der Waals surface area contributed by atoms with Gasteiger partial charge in [0, 0.05) is 35.1 Å². The van der Waals surface area contributed by atoms with Gasteiger partial charge in [0.05, 0.1) is 5.69 Å². The molecule has 2 saturated carbocycles. The number of Topliss-reactive ketones (excluding diaryl/α,β-unsaturated/α-hetero) is 1. The number of carbonyl (C=O) groups excluding carboxylic acids is 2. The van der Waals surface area contributed by atoms with Crippen LogP contribution in [0.25, 0.3) is 0 Å². The monoisotopic (exact) mass is 404 g/mol. The van der Waals surface area contributed by atoms with Crippen molar-refractivity contribution in [3.8, 4) is 0 Å². The van der Waals surface area contributed by atoms with E-state index >= 15 is 0 Å². The zero-order chi connectivity index (χ0) is 19.0. The van der Waals surface area contributed by atoms with Crippen LogP contribution in [0.1, 0.15) is 44.1 Å². The lowest BCUT2D eigenvalue weighted by atomic mass is 9.67. The fraction of sp³-hybridized carbons (Fsp3) is 0.571. The molecule has 1 aliphatic heterocycles. The van der Waals surface area contributed by atoms with Gasteiger partial charge in [0.1, 0.15) is 5.78 Å². The molecule has 3 fully saturated rings. The number of aryl methyl sites for hydroxylation is 1. The first-order chi connectivity index (χ1) is 13.0. The Morgan fingerprint density at radius 2 is 1.96 bits per heavy atom. The molecule has 27 heavy (non-hydrogen) atoms. The van der Waals surface area contributed by atoms with Gasteiger partial charge in [-0.25, -0.2) is 4.99 Å². The molecule has 144 valence electrons. The smallest absolute Gasteiger partial charge is 0.231 e. The molecular weight excluding hydrogens is 380 g/mol. The summed E-state index contributed by atoms with van der Waals surface area (Å²) in [6.45, 7) is 2.68. The second-order valence-corrected chi connectivity index (χ2v) is 9.38. The number of carbonyl (C=O) groups is 2. The Hall–Kier alpha value is -1.33. The molecule has 2 atom stereocenters. The largest absolute Gasteiger partial charge is 0.299 e. The number of benzene rings is 1. The van der Waals surface area contributed by atoms with E-state index in [0.29, 0.717) is 17.4 Å². The lowest BCUT2D eigenvalue weighted by molar-refractivity contribution is -0.140. The molecule has 0 N–H and O–H groups in total. The van der Waals surface area contributed by atoms with Gasteiger partial charge in [-0.2, -0.15) is 0 Å². The molecule has 1 saturated heterocycles. The van der Waals surface area contributed by atoms with Crippen molar-refractivity contribution in [2.24, 2.45) is 22.7 Å². The third-order valence-electron chi connectivity index (χ3n) is 6.03. The van der Waals surface area contributed by atoms with Gasteiger partial charge < -0.3 is 0 Å². The van der Waals surface area contributed by atoms with Crippen LogP contribution in [0.3, 0.4) is 0 Å². The second-order valence-electron chi connectivity index (χ2n) is 7.92. The summed E-state index contributed by atoms with van der Waals surface area (Å²) >= 11 is 7.87. The summed E-state index contributed by atoms with van der Waals surface area (Å²) in [6.07, 6.45) is 5.45. The maximum absolute atomic E-state index is 13.3. The SMILES string of the molecule is Cc1ccc(N=C2SCCCN2C(=O)C2CC3CCCC(C2)C3=O)cc1Cl. The van der Waals surface area contributed by atoms with Crippen LogP contribution < -0.4 is 0 Å². The number of aliphatic imine (C=N–C) groups is 1. The van der Waals surface area contributed by atoms with Gasteiger partial charge in [-0.05, 0) is 56.7 Å². The average Bonchev–Trinajstić information content (AvgIpc) is 2.64. The molecule has 4 rings (SSSR count). The molecule has 4 nitrogen and oxygen atoms in total. The molecule has 2 aliphatic carbocycles. The highest BCUT2D eigenvalue weighted by Gasteiger charge is 2.43. The van der Waals surface area contributed by atoms with Gasteiger partial charge in [-0.1, -0.05) is 35.9 Å².